The van der Waals surface area contributed by atoms with E-state index in [1.165, 1.54) is 19.2 Å². The number of nitriles is 1. The van der Waals surface area contributed by atoms with Crippen molar-refractivity contribution in [3.8, 4) is 11.8 Å². The number of alkyl halides is 3. The van der Waals surface area contributed by atoms with Gasteiger partial charge in [-0.1, -0.05) is 17.7 Å². The lowest BCUT2D eigenvalue weighted by Crippen LogP contribution is -2.33. The molecule has 1 unspecified atom stereocenters. The van der Waals surface area contributed by atoms with Crippen molar-refractivity contribution in [3.05, 3.63) is 52.6 Å². The van der Waals surface area contributed by atoms with Crippen LogP contribution in [0.1, 0.15) is 17.3 Å². The van der Waals surface area contributed by atoms with Crippen molar-refractivity contribution < 1.29 is 36.3 Å². The van der Waals surface area contributed by atoms with Crippen LogP contribution in [0.5, 0.6) is 5.75 Å². The van der Waals surface area contributed by atoms with E-state index < -0.39 is 58.5 Å². The van der Waals surface area contributed by atoms with Crippen LogP contribution in [0.4, 0.5) is 38.1 Å². The monoisotopic (exact) mass is 490 g/mol. The molecule has 2 rings (SSSR count). The number of anilines is 2. The summed E-state index contributed by atoms with van der Waals surface area (Å²) in [6.07, 6.45) is -7.26. The summed E-state index contributed by atoms with van der Waals surface area (Å²) in [5.41, 5.74) is -1.81. The summed E-state index contributed by atoms with van der Waals surface area (Å²) in [5, 5.41) is 12.6. The normalized spacial score (nSPS) is 11.8. The van der Waals surface area contributed by atoms with Gasteiger partial charge in [0.25, 0.3) is 5.91 Å². The fourth-order valence-electron chi connectivity index (χ4n) is 2.37. The zero-order valence-electron chi connectivity index (χ0n) is 17.1. The molecule has 0 heterocycles. The van der Waals surface area contributed by atoms with Crippen LogP contribution in [0.3, 0.4) is 0 Å². The highest BCUT2D eigenvalue weighted by Crippen LogP contribution is 2.33. The van der Waals surface area contributed by atoms with Gasteiger partial charge in [-0.05, 0) is 25.1 Å². The molecule has 2 aromatic carbocycles. The Kier molecular flexibility index (Phi) is 8.05. The van der Waals surface area contributed by atoms with E-state index in [9.17, 15) is 31.5 Å². The first-order chi connectivity index (χ1) is 15.3. The van der Waals surface area contributed by atoms with Gasteiger partial charge in [0.1, 0.15) is 23.9 Å². The number of nitrogens with zero attached hydrogens (tertiary/aromatic N) is 2. The van der Waals surface area contributed by atoms with Crippen LogP contribution in [0.25, 0.3) is 0 Å². The van der Waals surface area contributed by atoms with Gasteiger partial charge >= 0.3 is 12.2 Å². The summed E-state index contributed by atoms with van der Waals surface area (Å²) < 4.78 is 72.5. The lowest BCUT2D eigenvalue weighted by atomic mass is 10.1. The van der Waals surface area contributed by atoms with Crippen LogP contribution in [-0.4, -0.2) is 42.7 Å². The second-order valence-corrected chi connectivity index (χ2v) is 7.03. The molecule has 2 N–H and O–H groups in total. The van der Waals surface area contributed by atoms with Crippen LogP contribution < -0.4 is 15.4 Å². The topological polar surface area (TPSA) is 94.5 Å². The molecule has 0 bridgehead atoms. The predicted octanol–water partition coefficient (Wildman–Crippen LogP) is 5.19. The Balaban J connectivity index is 2.47. The van der Waals surface area contributed by atoms with Crippen LogP contribution in [0, 0.1) is 23.0 Å². The molecular formula is C20H16ClF5N4O3. The number of carbonyl (C=O) groups is 2. The maximum Gasteiger partial charge on any atom is 0.425 e. The van der Waals surface area contributed by atoms with E-state index in [0.29, 0.717) is 19.1 Å². The van der Waals surface area contributed by atoms with Crippen molar-refractivity contribution >= 4 is 34.9 Å². The highest BCUT2D eigenvalue weighted by atomic mass is 35.5. The maximum atomic E-state index is 14.6. The zero-order chi connectivity index (χ0) is 24.9. The van der Waals surface area contributed by atoms with E-state index in [4.69, 9.17) is 21.6 Å². The molecule has 3 amide bonds. The third kappa shape index (κ3) is 6.45. The van der Waals surface area contributed by atoms with Gasteiger partial charge in [0.05, 0.1) is 28.0 Å². The van der Waals surface area contributed by atoms with Gasteiger partial charge in [-0.2, -0.15) is 18.4 Å². The first-order valence-corrected chi connectivity index (χ1v) is 9.44. The summed E-state index contributed by atoms with van der Waals surface area (Å²) >= 11 is 5.83. The van der Waals surface area contributed by atoms with Crippen molar-refractivity contribution in [1.82, 2.24) is 4.90 Å². The minimum Gasteiger partial charge on any atom is -0.480 e. The molecule has 33 heavy (non-hydrogen) atoms. The standard InChI is InChI=1S/C20H16ClF5N4O3/c1-10(20(24,25)26)33-16-9-15(28-19(32)30(2)7-6-27)14(23)8-11(16)18(31)29-17-12(21)4-3-5-13(17)22/h3-5,8-10H,7H2,1-2H3,(H,28,32)(H,29,31). The molecule has 1 atom stereocenters. The third-order valence-corrected chi connectivity index (χ3v) is 4.49. The smallest absolute Gasteiger partial charge is 0.425 e. The summed E-state index contributed by atoms with van der Waals surface area (Å²) in [5.74, 6) is -4.11. The Morgan fingerprint density at radius 1 is 1.21 bits per heavy atom. The Hall–Kier alpha value is -3.59. The average Bonchev–Trinajstić information content (AvgIpc) is 2.72. The van der Waals surface area contributed by atoms with Crippen molar-refractivity contribution in [1.29, 1.82) is 5.26 Å². The zero-order valence-corrected chi connectivity index (χ0v) is 17.8. The molecule has 0 aliphatic carbocycles. The number of amides is 3. The maximum absolute atomic E-state index is 14.6. The van der Waals surface area contributed by atoms with E-state index in [0.717, 1.165) is 11.0 Å². The number of carbonyl (C=O) groups excluding carboxylic acids is 2. The van der Waals surface area contributed by atoms with Crippen molar-refractivity contribution in [2.24, 2.45) is 0 Å². The van der Waals surface area contributed by atoms with Gasteiger partial charge in [-0.15, -0.1) is 0 Å². The number of halogens is 6. The molecule has 0 aliphatic heterocycles. The highest BCUT2D eigenvalue weighted by molar-refractivity contribution is 6.34. The summed E-state index contributed by atoms with van der Waals surface area (Å²) in [6, 6.07) is 5.41. The molecule has 0 saturated heterocycles. The van der Waals surface area contributed by atoms with Crippen LogP contribution in [0.2, 0.25) is 5.02 Å². The molecule has 0 radical (unpaired) electrons. The summed E-state index contributed by atoms with van der Waals surface area (Å²) in [6.45, 7) is 0.295. The number of urea groups is 1. The number of benzene rings is 2. The lowest BCUT2D eigenvalue weighted by molar-refractivity contribution is -0.189. The summed E-state index contributed by atoms with van der Waals surface area (Å²) in [4.78, 5) is 25.6. The van der Waals surface area contributed by atoms with Crippen LogP contribution in [-0.2, 0) is 0 Å². The quantitative estimate of drug-likeness (QED) is 0.430. The Bertz CT molecular complexity index is 1080. The Morgan fingerprint density at radius 2 is 1.88 bits per heavy atom. The van der Waals surface area contributed by atoms with E-state index in [1.807, 2.05) is 0 Å². The van der Waals surface area contributed by atoms with Gasteiger partial charge in [0.15, 0.2) is 6.10 Å². The summed E-state index contributed by atoms with van der Waals surface area (Å²) in [7, 11) is 1.22. The van der Waals surface area contributed by atoms with Crippen LogP contribution >= 0.6 is 11.6 Å². The highest BCUT2D eigenvalue weighted by Gasteiger charge is 2.39. The Morgan fingerprint density at radius 3 is 2.45 bits per heavy atom. The second kappa shape index (κ2) is 10.4. The molecule has 0 fully saturated rings. The van der Waals surface area contributed by atoms with Gasteiger partial charge in [-0.25, -0.2) is 13.6 Å². The van der Waals surface area contributed by atoms with E-state index in [2.05, 4.69) is 10.6 Å². The van der Waals surface area contributed by atoms with Gasteiger partial charge in [0.2, 0.25) is 0 Å². The minimum atomic E-state index is -4.84. The molecule has 7 nitrogen and oxygen atoms in total. The number of rotatable bonds is 6. The average molecular weight is 491 g/mol. The number of hydrogen-bond acceptors (Lipinski definition) is 4. The van der Waals surface area contributed by atoms with Crippen molar-refractivity contribution in [2.45, 2.75) is 19.2 Å². The van der Waals surface area contributed by atoms with Crippen LogP contribution in [0.15, 0.2) is 30.3 Å². The fraction of sp³-hybridized carbons (Fsp3) is 0.250. The van der Waals surface area contributed by atoms with Gasteiger partial charge in [-0.3, -0.25) is 4.79 Å². The lowest BCUT2D eigenvalue weighted by Gasteiger charge is -2.21. The van der Waals surface area contributed by atoms with Crippen molar-refractivity contribution in [3.63, 3.8) is 0 Å². The second-order valence-electron chi connectivity index (χ2n) is 6.63. The fourth-order valence-corrected chi connectivity index (χ4v) is 2.58. The third-order valence-electron chi connectivity index (χ3n) is 4.18. The van der Waals surface area contributed by atoms with E-state index in [-0.39, 0.29) is 11.6 Å². The molecule has 0 saturated carbocycles. The molecule has 2 aromatic rings. The van der Waals surface area contributed by atoms with Gasteiger partial charge in [0, 0.05) is 13.1 Å². The van der Waals surface area contributed by atoms with Crippen molar-refractivity contribution in [2.75, 3.05) is 24.2 Å². The molecule has 0 aromatic heterocycles. The number of nitrogens with one attached hydrogen (secondary N) is 2. The first kappa shape index (κ1) is 25.7. The largest absolute Gasteiger partial charge is 0.480 e. The molecule has 13 heteroatoms. The van der Waals surface area contributed by atoms with Gasteiger partial charge < -0.3 is 20.3 Å². The number of ether oxygens (including phenoxy) is 1. The molecule has 176 valence electrons. The predicted molar refractivity (Wildman–Crippen MR) is 109 cm³/mol. The first-order valence-electron chi connectivity index (χ1n) is 9.06. The van der Waals surface area contributed by atoms with E-state index in [1.54, 1.807) is 6.07 Å². The number of para-hydroxylation sites is 1. The molecular weight excluding hydrogens is 475 g/mol. The Labute approximate surface area is 189 Å². The van der Waals surface area contributed by atoms with E-state index >= 15 is 0 Å². The molecule has 0 aliphatic rings. The SMILES string of the molecule is CC(Oc1cc(NC(=O)N(C)CC#N)c(F)cc1C(=O)Nc1c(F)cccc1Cl)C(F)(F)F. The molecule has 0 spiro atoms. The minimum absolute atomic E-state index is 0.209. The number of hydrogen-bond donors (Lipinski definition) is 2.